The molecule has 1 fully saturated rings. The monoisotopic (exact) mass is 545 g/mol. The lowest BCUT2D eigenvalue weighted by atomic mass is 9.95. The van der Waals surface area contributed by atoms with Crippen LogP contribution in [-0.4, -0.2) is 42.9 Å². The predicted molar refractivity (Wildman–Crippen MR) is 159 cm³/mol. The van der Waals surface area contributed by atoms with Gasteiger partial charge in [0, 0.05) is 31.5 Å². The van der Waals surface area contributed by atoms with Crippen LogP contribution in [0.2, 0.25) is 0 Å². The average Bonchev–Trinajstić information content (AvgIpc) is 2.93. The zero-order chi connectivity index (χ0) is 28.5. The van der Waals surface area contributed by atoms with Crippen molar-refractivity contribution in [2.24, 2.45) is 5.92 Å². The molecule has 0 spiro atoms. The van der Waals surface area contributed by atoms with Gasteiger partial charge in [-0.3, -0.25) is 4.79 Å². The first-order valence-electron chi connectivity index (χ1n) is 13.9. The number of hydrogen-bond donors (Lipinski definition) is 3. The summed E-state index contributed by atoms with van der Waals surface area (Å²) in [6, 6.07) is 22.5. The van der Waals surface area contributed by atoms with Crippen molar-refractivity contribution in [2.45, 2.75) is 52.0 Å². The van der Waals surface area contributed by atoms with Crippen LogP contribution in [0.1, 0.15) is 51.5 Å². The van der Waals surface area contributed by atoms with E-state index >= 15 is 0 Å². The number of anilines is 3. The number of ether oxygens (including phenoxy) is 2. The smallest absolute Gasteiger partial charge is 0.323 e. The zero-order valence-corrected chi connectivity index (χ0v) is 23.4. The standard InChI is InChI=1S/C32H39N3O5/c1-22(2)21-35(26-15-17-39-18-16-26)30-14-9-24(23(3)19-31(36)37)20-29(30)34-32(38)33-25-10-12-28(13-11-25)40-27-7-5-4-6-8-27/h4-14,20,22-23,26H,15-19,21H2,1-3H3,(H,36,37)(H2,33,34,38). The lowest BCUT2D eigenvalue weighted by Crippen LogP contribution is -2.42. The lowest BCUT2D eigenvalue weighted by molar-refractivity contribution is -0.137. The largest absolute Gasteiger partial charge is 0.481 e. The summed E-state index contributed by atoms with van der Waals surface area (Å²) in [5.41, 5.74) is 3.07. The first kappa shape index (κ1) is 29.0. The minimum atomic E-state index is -0.854. The van der Waals surface area contributed by atoms with Gasteiger partial charge in [0.1, 0.15) is 11.5 Å². The number of benzene rings is 3. The van der Waals surface area contributed by atoms with Crippen LogP contribution in [0.4, 0.5) is 21.9 Å². The molecule has 1 saturated heterocycles. The second-order valence-electron chi connectivity index (χ2n) is 10.7. The van der Waals surface area contributed by atoms with Gasteiger partial charge in [0.2, 0.25) is 0 Å². The molecule has 0 bridgehead atoms. The Bertz CT molecular complexity index is 1260. The Morgan fingerprint density at radius 1 is 0.950 bits per heavy atom. The minimum absolute atomic E-state index is 0.0120. The van der Waals surface area contributed by atoms with Crippen LogP contribution in [0.5, 0.6) is 11.5 Å². The van der Waals surface area contributed by atoms with Crippen LogP contribution in [0.25, 0.3) is 0 Å². The molecule has 8 heteroatoms. The van der Waals surface area contributed by atoms with Crippen LogP contribution in [0.3, 0.4) is 0 Å². The summed E-state index contributed by atoms with van der Waals surface area (Å²) in [4.78, 5) is 26.9. The van der Waals surface area contributed by atoms with Crippen molar-refractivity contribution in [1.82, 2.24) is 0 Å². The lowest BCUT2D eigenvalue weighted by Gasteiger charge is -2.38. The van der Waals surface area contributed by atoms with Gasteiger partial charge in [-0.1, -0.05) is 45.0 Å². The molecule has 1 atom stereocenters. The molecule has 1 heterocycles. The van der Waals surface area contributed by atoms with E-state index < -0.39 is 5.97 Å². The number of carboxylic acid groups (broad SMARTS) is 1. The highest BCUT2D eigenvalue weighted by molar-refractivity contribution is 6.02. The molecule has 4 rings (SSSR count). The highest BCUT2D eigenvalue weighted by atomic mass is 16.5. The van der Waals surface area contributed by atoms with E-state index in [2.05, 4.69) is 29.4 Å². The van der Waals surface area contributed by atoms with Crippen molar-refractivity contribution in [3.63, 3.8) is 0 Å². The fourth-order valence-electron chi connectivity index (χ4n) is 4.94. The van der Waals surface area contributed by atoms with Crippen LogP contribution in [0.15, 0.2) is 72.8 Å². The Labute approximate surface area is 236 Å². The molecule has 40 heavy (non-hydrogen) atoms. The van der Waals surface area contributed by atoms with E-state index in [-0.39, 0.29) is 18.4 Å². The third-order valence-corrected chi connectivity index (χ3v) is 6.91. The van der Waals surface area contributed by atoms with Crippen LogP contribution in [0, 0.1) is 5.92 Å². The fourth-order valence-corrected chi connectivity index (χ4v) is 4.94. The summed E-state index contributed by atoms with van der Waals surface area (Å²) >= 11 is 0. The summed E-state index contributed by atoms with van der Waals surface area (Å²) in [5, 5.41) is 15.3. The molecule has 0 saturated carbocycles. The van der Waals surface area contributed by atoms with Crippen molar-refractivity contribution >= 4 is 29.1 Å². The molecule has 212 valence electrons. The predicted octanol–water partition coefficient (Wildman–Crippen LogP) is 7.34. The number of carboxylic acids is 1. The molecule has 1 aliphatic rings. The van der Waals surface area contributed by atoms with Gasteiger partial charge in [0.25, 0.3) is 0 Å². The van der Waals surface area contributed by atoms with Gasteiger partial charge in [0.15, 0.2) is 0 Å². The molecule has 1 unspecified atom stereocenters. The Morgan fingerprint density at radius 2 is 1.62 bits per heavy atom. The molecular weight excluding hydrogens is 506 g/mol. The molecule has 0 radical (unpaired) electrons. The van der Waals surface area contributed by atoms with Crippen molar-refractivity contribution in [3.05, 3.63) is 78.4 Å². The Balaban J connectivity index is 1.55. The van der Waals surface area contributed by atoms with Gasteiger partial charge in [-0.25, -0.2) is 4.79 Å². The topological polar surface area (TPSA) is 100 Å². The normalized spacial score (nSPS) is 14.4. The third-order valence-electron chi connectivity index (χ3n) is 6.91. The Morgan fingerprint density at radius 3 is 2.27 bits per heavy atom. The maximum absolute atomic E-state index is 13.2. The molecule has 0 aliphatic carbocycles. The molecule has 0 aromatic heterocycles. The van der Waals surface area contributed by atoms with Crippen LogP contribution in [-0.2, 0) is 9.53 Å². The number of aliphatic carboxylic acids is 1. The van der Waals surface area contributed by atoms with Gasteiger partial charge in [-0.05, 0) is 78.8 Å². The van der Waals surface area contributed by atoms with Crippen LogP contribution >= 0.6 is 0 Å². The van der Waals surface area contributed by atoms with Crippen molar-refractivity contribution in [2.75, 3.05) is 35.3 Å². The number of amides is 2. The summed E-state index contributed by atoms with van der Waals surface area (Å²) in [5.74, 6) is 0.759. The van der Waals surface area contributed by atoms with E-state index in [1.165, 1.54) is 0 Å². The number of carbonyl (C=O) groups excluding carboxylic acids is 1. The van der Waals surface area contributed by atoms with Gasteiger partial charge in [0.05, 0.1) is 17.8 Å². The zero-order valence-electron chi connectivity index (χ0n) is 23.4. The molecule has 8 nitrogen and oxygen atoms in total. The summed E-state index contributed by atoms with van der Waals surface area (Å²) in [6.07, 6.45) is 1.83. The van der Waals surface area contributed by atoms with Gasteiger partial charge in [-0.2, -0.15) is 0 Å². The first-order valence-corrected chi connectivity index (χ1v) is 13.9. The number of rotatable bonds is 11. The van der Waals surface area contributed by atoms with Gasteiger partial charge < -0.3 is 30.1 Å². The van der Waals surface area contributed by atoms with Crippen LogP contribution < -0.4 is 20.3 Å². The second kappa shape index (κ2) is 13.8. The molecule has 3 N–H and O–H groups in total. The summed E-state index contributed by atoms with van der Waals surface area (Å²) < 4.78 is 11.5. The van der Waals surface area contributed by atoms with E-state index in [0.29, 0.717) is 42.3 Å². The average molecular weight is 546 g/mol. The highest BCUT2D eigenvalue weighted by Crippen LogP contribution is 2.35. The maximum Gasteiger partial charge on any atom is 0.323 e. The SMILES string of the molecule is CC(C)CN(c1ccc(C(C)CC(=O)O)cc1NC(=O)Nc1ccc(Oc2ccccc2)cc1)C1CCOCC1. The fraction of sp³-hybridized carbons (Fsp3) is 0.375. The van der Waals surface area contributed by atoms with E-state index in [1.807, 2.05) is 55.5 Å². The van der Waals surface area contributed by atoms with Gasteiger partial charge in [-0.15, -0.1) is 0 Å². The minimum Gasteiger partial charge on any atom is -0.481 e. The van der Waals surface area contributed by atoms with Crippen molar-refractivity contribution < 1.29 is 24.2 Å². The molecule has 3 aromatic rings. The number of nitrogens with one attached hydrogen (secondary N) is 2. The number of nitrogens with zero attached hydrogens (tertiary/aromatic N) is 1. The molecule has 1 aliphatic heterocycles. The van der Waals surface area contributed by atoms with Crippen molar-refractivity contribution in [3.8, 4) is 11.5 Å². The second-order valence-corrected chi connectivity index (χ2v) is 10.7. The molecule has 3 aromatic carbocycles. The molecular formula is C32H39N3O5. The van der Waals surface area contributed by atoms with E-state index in [0.717, 1.165) is 36.4 Å². The van der Waals surface area contributed by atoms with E-state index in [1.54, 1.807) is 24.3 Å². The van der Waals surface area contributed by atoms with Gasteiger partial charge >= 0.3 is 12.0 Å². The number of para-hydroxylation sites is 1. The number of carbonyl (C=O) groups is 2. The molecule has 2 amide bonds. The maximum atomic E-state index is 13.2. The number of urea groups is 1. The van der Waals surface area contributed by atoms with E-state index in [9.17, 15) is 14.7 Å². The number of hydrogen-bond acceptors (Lipinski definition) is 5. The summed E-state index contributed by atoms with van der Waals surface area (Å²) in [6.45, 7) is 8.49. The third kappa shape index (κ3) is 8.23. The first-order chi connectivity index (χ1) is 19.3. The van der Waals surface area contributed by atoms with Crippen molar-refractivity contribution in [1.29, 1.82) is 0 Å². The Kier molecular flexibility index (Phi) is 10.0. The van der Waals surface area contributed by atoms with E-state index in [4.69, 9.17) is 9.47 Å². The Hall–Kier alpha value is -4.04. The highest BCUT2D eigenvalue weighted by Gasteiger charge is 2.26. The summed E-state index contributed by atoms with van der Waals surface area (Å²) in [7, 11) is 0. The quantitative estimate of drug-likeness (QED) is 0.233.